The van der Waals surface area contributed by atoms with Crippen LogP contribution in [0.15, 0.2) is 55.0 Å². The van der Waals surface area contributed by atoms with Crippen LogP contribution in [0.5, 0.6) is 0 Å². The molecule has 0 radical (unpaired) electrons. The fourth-order valence-corrected chi connectivity index (χ4v) is 4.47. The van der Waals surface area contributed by atoms with Crippen molar-refractivity contribution < 1.29 is 14.7 Å². The Balaban J connectivity index is 1.59. The summed E-state index contributed by atoms with van der Waals surface area (Å²) in [5.41, 5.74) is 5.28. The van der Waals surface area contributed by atoms with Gasteiger partial charge in [0.05, 0.1) is 11.6 Å². The lowest BCUT2D eigenvalue weighted by Gasteiger charge is -2.36. The fourth-order valence-electron chi connectivity index (χ4n) is 4.47. The van der Waals surface area contributed by atoms with E-state index in [4.69, 9.17) is 0 Å². The maximum absolute atomic E-state index is 13.4. The number of pyridine rings is 1. The lowest BCUT2D eigenvalue weighted by Crippen LogP contribution is -2.53. The third-order valence-corrected chi connectivity index (χ3v) is 6.15. The van der Waals surface area contributed by atoms with Gasteiger partial charge in [0.25, 0.3) is 5.91 Å². The van der Waals surface area contributed by atoms with Crippen LogP contribution in [-0.2, 0) is 19.3 Å². The lowest BCUT2D eigenvalue weighted by molar-refractivity contribution is 0.0821. The number of fused-ring (bicyclic) bond motifs is 3. The number of nitrogens with one attached hydrogen (secondary N) is 2. The number of hydrogen-bond donors (Lipinski definition) is 3. The summed E-state index contributed by atoms with van der Waals surface area (Å²) in [7, 11) is 0. The zero-order valence-corrected chi connectivity index (χ0v) is 19.3. The third kappa shape index (κ3) is 4.92. The van der Waals surface area contributed by atoms with Gasteiger partial charge in [0, 0.05) is 41.9 Å². The molecule has 4 rings (SSSR count). The molecule has 2 amide bonds. The normalized spacial score (nSPS) is 13.5. The van der Waals surface area contributed by atoms with E-state index < -0.39 is 11.6 Å². The smallest absolute Gasteiger partial charge is 0.407 e. The molecule has 0 spiro atoms. The van der Waals surface area contributed by atoms with E-state index in [2.05, 4.69) is 15.3 Å². The number of nitrogens with zero attached hydrogens (tertiary/aromatic N) is 2. The number of benzene rings is 1. The van der Waals surface area contributed by atoms with Crippen LogP contribution in [0.3, 0.4) is 0 Å². The molecule has 33 heavy (non-hydrogen) atoms. The number of aryl methyl sites for hydroxylation is 1. The molecule has 0 fully saturated rings. The molecule has 3 N–H and O–H groups in total. The maximum Gasteiger partial charge on any atom is 0.407 e. The first-order chi connectivity index (χ1) is 15.7. The van der Waals surface area contributed by atoms with Gasteiger partial charge in [-0.2, -0.15) is 0 Å². The van der Waals surface area contributed by atoms with Gasteiger partial charge < -0.3 is 20.3 Å². The van der Waals surface area contributed by atoms with Crippen molar-refractivity contribution in [2.75, 3.05) is 6.54 Å². The summed E-state index contributed by atoms with van der Waals surface area (Å²) in [6.07, 6.45) is 6.52. The Morgan fingerprint density at radius 3 is 2.64 bits per heavy atom. The first kappa shape index (κ1) is 22.6. The van der Waals surface area contributed by atoms with Crippen LogP contribution in [0.4, 0.5) is 4.79 Å². The van der Waals surface area contributed by atoms with E-state index in [1.165, 1.54) is 10.5 Å². The molecular weight excluding hydrogens is 416 g/mol. The minimum Gasteiger partial charge on any atom is -0.465 e. The first-order valence-corrected chi connectivity index (χ1v) is 11.2. The second kappa shape index (κ2) is 9.10. The molecule has 0 aliphatic heterocycles. The van der Waals surface area contributed by atoms with E-state index in [1.54, 1.807) is 12.4 Å². The van der Waals surface area contributed by atoms with E-state index in [0.717, 1.165) is 35.2 Å². The molecule has 3 aromatic rings. The molecule has 172 valence electrons. The molecule has 7 nitrogen and oxygen atoms in total. The van der Waals surface area contributed by atoms with Crippen molar-refractivity contribution in [2.45, 2.75) is 51.6 Å². The Kier molecular flexibility index (Phi) is 6.22. The van der Waals surface area contributed by atoms with Gasteiger partial charge in [0.1, 0.15) is 0 Å². The van der Waals surface area contributed by atoms with Crippen molar-refractivity contribution >= 4 is 12.0 Å². The topological polar surface area (TPSA) is 98.3 Å². The first-order valence-electron chi connectivity index (χ1n) is 11.2. The highest BCUT2D eigenvalue weighted by Gasteiger charge is 2.31. The molecule has 0 saturated carbocycles. The minimum absolute atomic E-state index is 0.190. The largest absolute Gasteiger partial charge is 0.465 e. The van der Waals surface area contributed by atoms with Crippen LogP contribution in [0.25, 0.3) is 11.3 Å². The Labute approximate surface area is 193 Å². The van der Waals surface area contributed by atoms with Crippen molar-refractivity contribution in [3.05, 3.63) is 77.2 Å². The number of H-pyrrole nitrogens is 1. The van der Waals surface area contributed by atoms with Gasteiger partial charge in [-0.25, -0.2) is 4.79 Å². The number of carbonyl (C=O) groups excluding carboxylic acids is 1. The van der Waals surface area contributed by atoms with E-state index >= 15 is 0 Å². The Morgan fingerprint density at radius 1 is 1.18 bits per heavy atom. The van der Waals surface area contributed by atoms with Crippen LogP contribution < -0.4 is 5.32 Å². The monoisotopic (exact) mass is 446 g/mol. The molecule has 1 aromatic carbocycles. The summed E-state index contributed by atoms with van der Waals surface area (Å²) in [4.78, 5) is 34.2. The van der Waals surface area contributed by atoms with Gasteiger partial charge in [0.15, 0.2) is 0 Å². The van der Waals surface area contributed by atoms with Gasteiger partial charge in [-0.3, -0.25) is 9.78 Å². The summed E-state index contributed by atoms with van der Waals surface area (Å²) in [6.45, 7) is 5.77. The standard InChI is InChI=1S/C26H30N4O3/c1-26(2,3)30(25(32)33)16-19(13-17-7-5-4-6-8-17)29-24(31)22-15-28-23-20-11-12-27-14-18(20)9-10-21(22)23/h4-8,11-12,14-15,19,28H,9-10,13,16H2,1-3H3,(H,29,31)(H,32,33)/t19-/m1/s1. The van der Waals surface area contributed by atoms with Crippen LogP contribution >= 0.6 is 0 Å². The number of hydrogen-bond acceptors (Lipinski definition) is 3. The van der Waals surface area contributed by atoms with E-state index in [1.807, 2.05) is 63.4 Å². The zero-order valence-electron chi connectivity index (χ0n) is 19.3. The maximum atomic E-state index is 13.4. The molecular formula is C26H30N4O3. The molecule has 0 saturated heterocycles. The Morgan fingerprint density at radius 2 is 1.94 bits per heavy atom. The highest BCUT2D eigenvalue weighted by molar-refractivity contribution is 5.98. The van der Waals surface area contributed by atoms with Gasteiger partial charge in [-0.15, -0.1) is 0 Å². The average molecular weight is 447 g/mol. The third-order valence-electron chi connectivity index (χ3n) is 6.15. The van der Waals surface area contributed by atoms with Gasteiger partial charge in [0.2, 0.25) is 0 Å². The summed E-state index contributed by atoms with van der Waals surface area (Å²) in [5.74, 6) is -0.190. The predicted octanol–water partition coefficient (Wildman–Crippen LogP) is 4.29. The Hall–Kier alpha value is -3.61. The van der Waals surface area contributed by atoms with Crippen molar-refractivity contribution in [2.24, 2.45) is 0 Å². The van der Waals surface area contributed by atoms with Crippen molar-refractivity contribution in [1.82, 2.24) is 20.2 Å². The van der Waals surface area contributed by atoms with E-state index in [-0.39, 0.29) is 18.5 Å². The molecule has 7 heteroatoms. The number of amides is 2. The number of aromatic nitrogens is 2. The predicted molar refractivity (Wildman–Crippen MR) is 127 cm³/mol. The summed E-state index contributed by atoms with van der Waals surface area (Å²) >= 11 is 0. The number of rotatable bonds is 6. The fraction of sp³-hybridized carbons (Fsp3) is 0.346. The number of carboxylic acid groups (broad SMARTS) is 1. The SMILES string of the molecule is CC(C)(C)N(C[C@@H](Cc1ccccc1)NC(=O)c1c[nH]c2c1CCc1cnccc1-2)C(=O)O. The van der Waals surface area contributed by atoms with E-state index in [0.29, 0.717) is 12.0 Å². The number of carbonyl (C=O) groups is 2. The second-order valence-corrected chi connectivity index (χ2v) is 9.51. The van der Waals surface area contributed by atoms with Crippen molar-refractivity contribution in [3.63, 3.8) is 0 Å². The molecule has 0 unspecified atom stereocenters. The molecule has 1 aliphatic rings. The molecule has 2 aromatic heterocycles. The molecule has 2 heterocycles. The minimum atomic E-state index is -1.00. The van der Waals surface area contributed by atoms with E-state index in [9.17, 15) is 14.7 Å². The quantitative estimate of drug-likeness (QED) is 0.526. The summed E-state index contributed by atoms with van der Waals surface area (Å²) in [5, 5.41) is 12.9. The second-order valence-electron chi connectivity index (χ2n) is 9.51. The number of aromatic amines is 1. The summed E-state index contributed by atoms with van der Waals surface area (Å²) < 4.78 is 0. The van der Waals surface area contributed by atoms with Gasteiger partial charge in [-0.1, -0.05) is 30.3 Å². The molecule has 0 bridgehead atoms. The van der Waals surface area contributed by atoms with Gasteiger partial charge >= 0.3 is 6.09 Å². The van der Waals surface area contributed by atoms with Crippen molar-refractivity contribution in [1.29, 1.82) is 0 Å². The lowest BCUT2D eigenvalue weighted by atomic mass is 9.89. The van der Waals surface area contributed by atoms with Crippen LogP contribution in [0.2, 0.25) is 0 Å². The van der Waals surface area contributed by atoms with Crippen LogP contribution in [-0.4, -0.2) is 50.1 Å². The van der Waals surface area contributed by atoms with Gasteiger partial charge in [-0.05, 0) is 62.8 Å². The Bertz CT molecular complexity index is 1150. The molecule has 1 aliphatic carbocycles. The zero-order chi connectivity index (χ0) is 23.6. The summed E-state index contributed by atoms with van der Waals surface area (Å²) in [6, 6.07) is 11.4. The highest BCUT2D eigenvalue weighted by Crippen LogP contribution is 2.34. The van der Waals surface area contributed by atoms with Crippen LogP contribution in [0, 0.1) is 0 Å². The average Bonchev–Trinajstić information content (AvgIpc) is 3.22. The van der Waals surface area contributed by atoms with Crippen LogP contribution in [0.1, 0.15) is 47.8 Å². The highest BCUT2D eigenvalue weighted by atomic mass is 16.4. The van der Waals surface area contributed by atoms with Crippen molar-refractivity contribution in [3.8, 4) is 11.3 Å². The molecule has 1 atom stereocenters.